The minimum Gasteiger partial charge on any atom is -0.330 e. The second kappa shape index (κ2) is 9.92. The fourth-order valence-electron chi connectivity index (χ4n) is 0.946. The predicted molar refractivity (Wildman–Crippen MR) is 50.4 cm³/mol. The average Bonchev–Trinajstić information content (AvgIpc) is 2.03. The Kier molecular flexibility index (Phi) is 9.85. The standard InChI is InChI=1S/C9H21N2/c1-2-3-8-11-9-6-4-5-7-10/h11H,1-10H2. The third kappa shape index (κ3) is 9.92. The molecule has 0 aliphatic carbocycles. The zero-order valence-corrected chi connectivity index (χ0v) is 7.44. The molecule has 0 aliphatic rings. The van der Waals surface area contributed by atoms with Crippen molar-refractivity contribution >= 4 is 0 Å². The van der Waals surface area contributed by atoms with Crippen molar-refractivity contribution in [3.63, 3.8) is 0 Å². The Morgan fingerprint density at radius 3 is 2.36 bits per heavy atom. The lowest BCUT2D eigenvalue weighted by molar-refractivity contribution is 0.594. The van der Waals surface area contributed by atoms with E-state index in [-0.39, 0.29) is 0 Å². The molecule has 0 unspecified atom stereocenters. The lowest BCUT2D eigenvalue weighted by atomic mass is 10.2. The van der Waals surface area contributed by atoms with Crippen LogP contribution >= 0.6 is 0 Å². The molecule has 11 heavy (non-hydrogen) atoms. The summed E-state index contributed by atoms with van der Waals surface area (Å²) in [5.74, 6) is 0. The summed E-state index contributed by atoms with van der Waals surface area (Å²) in [6.07, 6.45) is 5.91. The molecule has 0 bridgehead atoms. The fraction of sp³-hybridized carbons (Fsp3) is 0.889. The molecule has 0 rings (SSSR count). The van der Waals surface area contributed by atoms with Crippen molar-refractivity contribution in [2.24, 2.45) is 5.73 Å². The van der Waals surface area contributed by atoms with Crippen LogP contribution in [-0.2, 0) is 0 Å². The highest BCUT2D eigenvalue weighted by Crippen LogP contribution is 1.91. The molecule has 0 spiro atoms. The van der Waals surface area contributed by atoms with Gasteiger partial charge in [-0.15, -0.1) is 0 Å². The van der Waals surface area contributed by atoms with Crippen molar-refractivity contribution in [3.05, 3.63) is 6.92 Å². The normalized spacial score (nSPS) is 10.4. The first-order valence-electron chi connectivity index (χ1n) is 4.62. The second-order valence-corrected chi connectivity index (χ2v) is 2.81. The van der Waals surface area contributed by atoms with E-state index in [0.29, 0.717) is 0 Å². The van der Waals surface area contributed by atoms with E-state index < -0.39 is 0 Å². The van der Waals surface area contributed by atoms with Crippen LogP contribution in [0.1, 0.15) is 32.1 Å². The van der Waals surface area contributed by atoms with Crippen LogP contribution in [0.2, 0.25) is 0 Å². The summed E-state index contributed by atoms with van der Waals surface area (Å²) in [6.45, 7) is 6.86. The van der Waals surface area contributed by atoms with Crippen LogP contribution in [0.25, 0.3) is 0 Å². The van der Waals surface area contributed by atoms with Gasteiger partial charge in [-0.1, -0.05) is 19.8 Å². The molecule has 1 radical (unpaired) electrons. The lowest BCUT2D eigenvalue weighted by Crippen LogP contribution is -2.16. The van der Waals surface area contributed by atoms with Gasteiger partial charge in [-0.25, -0.2) is 0 Å². The average molecular weight is 157 g/mol. The summed E-state index contributed by atoms with van der Waals surface area (Å²) in [4.78, 5) is 0. The summed E-state index contributed by atoms with van der Waals surface area (Å²) in [5, 5.41) is 3.36. The minimum absolute atomic E-state index is 0.832. The second-order valence-electron chi connectivity index (χ2n) is 2.81. The van der Waals surface area contributed by atoms with Crippen molar-refractivity contribution in [2.45, 2.75) is 32.1 Å². The Hall–Kier alpha value is -0.0800. The Balaban J connectivity index is 2.69. The van der Waals surface area contributed by atoms with E-state index >= 15 is 0 Å². The fourth-order valence-corrected chi connectivity index (χ4v) is 0.946. The quantitative estimate of drug-likeness (QED) is 0.521. The van der Waals surface area contributed by atoms with Crippen molar-refractivity contribution < 1.29 is 0 Å². The molecule has 0 aromatic rings. The van der Waals surface area contributed by atoms with Gasteiger partial charge in [0.25, 0.3) is 0 Å². The molecule has 0 aromatic heterocycles. The van der Waals surface area contributed by atoms with Crippen LogP contribution < -0.4 is 11.1 Å². The van der Waals surface area contributed by atoms with Crippen LogP contribution in [0.4, 0.5) is 0 Å². The highest BCUT2D eigenvalue weighted by molar-refractivity contribution is 4.50. The Bertz CT molecular complexity index is 56.6. The van der Waals surface area contributed by atoms with Crippen molar-refractivity contribution in [3.8, 4) is 0 Å². The third-order valence-electron chi connectivity index (χ3n) is 1.66. The van der Waals surface area contributed by atoms with Crippen LogP contribution in [-0.4, -0.2) is 19.6 Å². The van der Waals surface area contributed by atoms with Crippen LogP contribution in [0, 0.1) is 6.92 Å². The van der Waals surface area contributed by atoms with Gasteiger partial charge in [0.15, 0.2) is 0 Å². The Morgan fingerprint density at radius 2 is 1.73 bits per heavy atom. The molecule has 0 atom stereocenters. The van der Waals surface area contributed by atoms with Gasteiger partial charge in [0, 0.05) is 0 Å². The van der Waals surface area contributed by atoms with Crippen LogP contribution in [0.3, 0.4) is 0 Å². The number of unbranched alkanes of at least 4 members (excludes halogenated alkanes) is 3. The number of nitrogens with one attached hydrogen (secondary N) is 1. The zero-order chi connectivity index (χ0) is 8.36. The van der Waals surface area contributed by atoms with Crippen molar-refractivity contribution in [1.29, 1.82) is 0 Å². The van der Waals surface area contributed by atoms with E-state index in [0.717, 1.165) is 32.5 Å². The number of hydrogen-bond acceptors (Lipinski definition) is 2. The Morgan fingerprint density at radius 1 is 1.00 bits per heavy atom. The van der Waals surface area contributed by atoms with E-state index in [1.807, 2.05) is 0 Å². The maximum absolute atomic E-state index is 5.36. The van der Waals surface area contributed by atoms with E-state index in [2.05, 4.69) is 12.2 Å². The molecule has 3 N–H and O–H groups in total. The number of rotatable bonds is 8. The van der Waals surface area contributed by atoms with Gasteiger partial charge in [0.1, 0.15) is 0 Å². The van der Waals surface area contributed by atoms with E-state index in [1.165, 1.54) is 19.3 Å². The van der Waals surface area contributed by atoms with E-state index in [1.54, 1.807) is 0 Å². The predicted octanol–water partition coefficient (Wildman–Crippen LogP) is 1.32. The summed E-state index contributed by atoms with van der Waals surface area (Å²) in [6, 6.07) is 0. The molecule has 0 amide bonds. The van der Waals surface area contributed by atoms with Crippen LogP contribution in [0.5, 0.6) is 0 Å². The maximum atomic E-state index is 5.36. The SMILES string of the molecule is [CH2]CCCNCCCCCN. The first-order chi connectivity index (χ1) is 5.41. The Labute approximate surface area is 70.5 Å². The van der Waals surface area contributed by atoms with Crippen molar-refractivity contribution in [2.75, 3.05) is 19.6 Å². The number of nitrogens with two attached hydrogens (primary N) is 1. The van der Waals surface area contributed by atoms with E-state index in [9.17, 15) is 0 Å². The molecule has 67 valence electrons. The topological polar surface area (TPSA) is 38.0 Å². The molecular formula is C9H21N2. The van der Waals surface area contributed by atoms with Gasteiger partial charge in [-0.3, -0.25) is 0 Å². The monoisotopic (exact) mass is 157 g/mol. The summed E-state index contributed by atoms with van der Waals surface area (Å²) in [5.41, 5.74) is 5.36. The van der Waals surface area contributed by atoms with Crippen LogP contribution in [0.15, 0.2) is 0 Å². The van der Waals surface area contributed by atoms with Gasteiger partial charge in [-0.05, 0) is 38.9 Å². The van der Waals surface area contributed by atoms with Gasteiger partial charge >= 0.3 is 0 Å². The molecule has 2 heteroatoms. The summed E-state index contributed by atoms with van der Waals surface area (Å²) < 4.78 is 0. The van der Waals surface area contributed by atoms with Gasteiger partial charge < -0.3 is 11.1 Å². The highest BCUT2D eigenvalue weighted by Gasteiger charge is 1.87. The smallest absolute Gasteiger partial charge is 0.00489 e. The summed E-state index contributed by atoms with van der Waals surface area (Å²) in [7, 11) is 0. The lowest BCUT2D eigenvalue weighted by Gasteiger charge is -2.02. The minimum atomic E-state index is 0.832. The zero-order valence-electron chi connectivity index (χ0n) is 7.44. The first-order valence-corrected chi connectivity index (χ1v) is 4.62. The highest BCUT2D eigenvalue weighted by atomic mass is 14.8. The molecular weight excluding hydrogens is 136 g/mol. The molecule has 0 saturated heterocycles. The molecule has 0 aliphatic heterocycles. The molecule has 0 aromatic carbocycles. The molecule has 0 heterocycles. The molecule has 2 nitrogen and oxygen atoms in total. The van der Waals surface area contributed by atoms with Gasteiger partial charge in [0.2, 0.25) is 0 Å². The third-order valence-corrected chi connectivity index (χ3v) is 1.66. The van der Waals surface area contributed by atoms with Gasteiger partial charge in [-0.2, -0.15) is 0 Å². The molecule has 0 fully saturated rings. The first kappa shape index (κ1) is 10.9. The number of hydrogen-bond donors (Lipinski definition) is 2. The van der Waals surface area contributed by atoms with Crippen molar-refractivity contribution in [1.82, 2.24) is 5.32 Å². The van der Waals surface area contributed by atoms with Gasteiger partial charge in [0.05, 0.1) is 0 Å². The van der Waals surface area contributed by atoms with E-state index in [4.69, 9.17) is 5.73 Å². The maximum Gasteiger partial charge on any atom is -0.00489 e. The molecule has 0 saturated carbocycles. The summed E-state index contributed by atoms with van der Waals surface area (Å²) >= 11 is 0. The largest absolute Gasteiger partial charge is 0.330 e.